The number of allylic oxidation sites excluding steroid dienone is 3. The Morgan fingerprint density at radius 2 is 2.23 bits per heavy atom. The summed E-state index contributed by atoms with van der Waals surface area (Å²) in [6.45, 7) is 7.84. The minimum absolute atomic E-state index is 0.118. The summed E-state index contributed by atoms with van der Waals surface area (Å²) < 4.78 is 3.19. The van der Waals surface area contributed by atoms with Crippen LogP contribution in [0, 0.1) is 0 Å². The molecule has 30 heavy (non-hydrogen) atoms. The van der Waals surface area contributed by atoms with Crippen molar-refractivity contribution in [1.29, 1.82) is 0 Å². The first kappa shape index (κ1) is 19.4. The number of nitrogens with two attached hydrogens (primary N) is 1. The number of hydrogen-bond acceptors (Lipinski definition) is 7. The molecule has 0 aromatic carbocycles. The fourth-order valence-corrected chi connectivity index (χ4v) is 3.44. The average molecular weight is 405 g/mol. The Kier molecular flexibility index (Phi) is 4.82. The zero-order valence-corrected chi connectivity index (χ0v) is 17.1. The Hall–Kier alpha value is -3.95. The quantitative estimate of drug-likeness (QED) is 0.472. The second-order valence-corrected chi connectivity index (χ2v) is 6.87. The first-order valence-corrected chi connectivity index (χ1v) is 9.59. The first-order valence-electron chi connectivity index (χ1n) is 9.59. The molecule has 0 saturated heterocycles. The highest BCUT2D eigenvalue weighted by molar-refractivity contribution is 5.84. The van der Waals surface area contributed by atoms with E-state index >= 15 is 0 Å². The molecule has 0 amide bonds. The minimum Gasteiger partial charge on any atom is -0.368 e. The molecule has 0 radical (unpaired) electrons. The second kappa shape index (κ2) is 7.47. The van der Waals surface area contributed by atoms with Gasteiger partial charge in [-0.1, -0.05) is 19.6 Å². The molecule has 0 fully saturated rings. The number of anilines is 2. The Balaban J connectivity index is 1.93. The van der Waals surface area contributed by atoms with E-state index in [-0.39, 0.29) is 17.5 Å². The molecule has 4 rings (SSSR count). The zero-order chi connectivity index (χ0) is 21.4. The van der Waals surface area contributed by atoms with Crippen LogP contribution in [0.25, 0.3) is 22.4 Å². The summed E-state index contributed by atoms with van der Waals surface area (Å²) in [5.41, 5.74) is 8.01. The van der Waals surface area contributed by atoms with E-state index < -0.39 is 0 Å². The van der Waals surface area contributed by atoms with Crippen LogP contribution >= 0.6 is 0 Å². The molecular weight excluding hydrogens is 382 g/mol. The van der Waals surface area contributed by atoms with Crippen LogP contribution in [0.4, 0.5) is 11.8 Å². The van der Waals surface area contributed by atoms with Gasteiger partial charge in [0.2, 0.25) is 5.95 Å². The molecule has 10 heteroatoms. The number of rotatable bonds is 6. The summed E-state index contributed by atoms with van der Waals surface area (Å²) in [7, 11) is 1.86. The van der Waals surface area contributed by atoms with Gasteiger partial charge in [-0.05, 0) is 31.6 Å². The number of fused-ring (bicyclic) bond motifs is 2. The van der Waals surface area contributed by atoms with Crippen LogP contribution in [-0.4, -0.2) is 41.2 Å². The van der Waals surface area contributed by atoms with Crippen molar-refractivity contribution < 1.29 is 0 Å². The van der Waals surface area contributed by atoms with Crippen LogP contribution < -0.4 is 16.2 Å². The number of nitrogens with one attached hydrogen (secondary N) is 1. The Labute approximate surface area is 172 Å². The summed E-state index contributed by atoms with van der Waals surface area (Å²) in [6, 6.07) is 3.20. The van der Waals surface area contributed by atoms with E-state index in [0.29, 0.717) is 34.0 Å². The van der Waals surface area contributed by atoms with Gasteiger partial charge in [-0.2, -0.15) is 15.1 Å². The van der Waals surface area contributed by atoms with Crippen molar-refractivity contribution in [2.24, 2.45) is 0 Å². The van der Waals surface area contributed by atoms with Crippen molar-refractivity contribution >= 4 is 34.1 Å². The van der Waals surface area contributed by atoms with Gasteiger partial charge in [0, 0.05) is 18.9 Å². The predicted octanol–water partition coefficient (Wildman–Crippen LogP) is 2.38. The SMILES string of the molecule is C=CC(=CCC)n1c(C(C)N(C)c2nc(N)nc3nc[nH]c23)nn2cccc2c1=O. The molecule has 4 aromatic rings. The number of nitrogen functional groups attached to an aromatic ring is 1. The highest BCUT2D eigenvalue weighted by Crippen LogP contribution is 2.28. The van der Waals surface area contributed by atoms with Crippen LogP contribution in [-0.2, 0) is 0 Å². The molecule has 10 nitrogen and oxygen atoms in total. The van der Waals surface area contributed by atoms with Crippen LogP contribution in [0.2, 0.25) is 0 Å². The molecule has 1 atom stereocenters. The van der Waals surface area contributed by atoms with Gasteiger partial charge in [0.1, 0.15) is 11.0 Å². The van der Waals surface area contributed by atoms with Crippen molar-refractivity contribution in [3.05, 3.63) is 59.6 Å². The third kappa shape index (κ3) is 3.02. The highest BCUT2D eigenvalue weighted by atomic mass is 16.1. The predicted molar refractivity (Wildman–Crippen MR) is 117 cm³/mol. The maximum Gasteiger partial charge on any atom is 0.282 e. The maximum atomic E-state index is 13.3. The van der Waals surface area contributed by atoms with E-state index in [1.165, 1.54) is 0 Å². The largest absolute Gasteiger partial charge is 0.368 e. The van der Waals surface area contributed by atoms with Gasteiger partial charge in [-0.15, -0.1) is 0 Å². The van der Waals surface area contributed by atoms with Gasteiger partial charge >= 0.3 is 0 Å². The molecule has 3 N–H and O–H groups in total. The molecule has 154 valence electrons. The van der Waals surface area contributed by atoms with E-state index in [0.717, 1.165) is 6.42 Å². The van der Waals surface area contributed by atoms with E-state index in [2.05, 4.69) is 26.5 Å². The zero-order valence-electron chi connectivity index (χ0n) is 17.1. The molecule has 0 aliphatic rings. The Morgan fingerprint density at radius 3 is 2.97 bits per heavy atom. The van der Waals surface area contributed by atoms with E-state index in [4.69, 9.17) is 10.8 Å². The van der Waals surface area contributed by atoms with Crippen molar-refractivity contribution in [2.75, 3.05) is 17.7 Å². The summed E-state index contributed by atoms with van der Waals surface area (Å²) in [5.74, 6) is 1.22. The lowest BCUT2D eigenvalue weighted by atomic mass is 10.2. The normalized spacial score (nSPS) is 13.1. The van der Waals surface area contributed by atoms with Crippen molar-refractivity contribution in [2.45, 2.75) is 26.3 Å². The summed E-state index contributed by atoms with van der Waals surface area (Å²) in [6.07, 6.45) is 7.66. The molecule has 1 unspecified atom stereocenters. The summed E-state index contributed by atoms with van der Waals surface area (Å²) >= 11 is 0. The van der Waals surface area contributed by atoms with Gasteiger partial charge in [0.25, 0.3) is 5.56 Å². The van der Waals surface area contributed by atoms with Crippen LogP contribution in [0.3, 0.4) is 0 Å². The number of nitrogens with zero attached hydrogens (tertiary/aromatic N) is 7. The number of hydrogen-bond donors (Lipinski definition) is 2. The van der Waals surface area contributed by atoms with E-state index in [1.807, 2.05) is 31.9 Å². The number of aromatic amines is 1. The lowest BCUT2D eigenvalue weighted by molar-refractivity contribution is 0.619. The van der Waals surface area contributed by atoms with Gasteiger partial charge < -0.3 is 15.6 Å². The van der Waals surface area contributed by atoms with E-state index in [9.17, 15) is 4.79 Å². The van der Waals surface area contributed by atoms with Crippen LogP contribution in [0.15, 0.2) is 48.2 Å². The molecule has 4 heterocycles. The summed E-state index contributed by atoms with van der Waals surface area (Å²) in [4.78, 5) is 31.0. The first-order chi connectivity index (χ1) is 14.5. The van der Waals surface area contributed by atoms with Crippen molar-refractivity contribution in [3.8, 4) is 0 Å². The lowest BCUT2D eigenvalue weighted by Gasteiger charge is -2.28. The third-order valence-electron chi connectivity index (χ3n) is 5.04. The number of H-pyrrole nitrogens is 1. The molecule has 0 aliphatic heterocycles. The lowest BCUT2D eigenvalue weighted by Crippen LogP contribution is -2.33. The second-order valence-electron chi connectivity index (χ2n) is 6.87. The molecule has 0 bridgehead atoms. The summed E-state index contributed by atoms with van der Waals surface area (Å²) in [5, 5.41) is 4.73. The van der Waals surface area contributed by atoms with Gasteiger partial charge in [0.05, 0.1) is 12.4 Å². The Morgan fingerprint density at radius 1 is 1.43 bits per heavy atom. The van der Waals surface area contributed by atoms with Crippen molar-refractivity contribution in [3.63, 3.8) is 0 Å². The minimum atomic E-state index is -0.342. The Bertz CT molecular complexity index is 1330. The molecule has 0 aliphatic carbocycles. The topological polar surface area (TPSA) is 123 Å². The van der Waals surface area contributed by atoms with Gasteiger partial charge in [-0.25, -0.2) is 9.50 Å². The van der Waals surface area contributed by atoms with Crippen LogP contribution in [0.5, 0.6) is 0 Å². The van der Waals surface area contributed by atoms with Crippen LogP contribution in [0.1, 0.15) is 32.1 Å². The third-order valence-corrected chi connectivity index (χ3v) is 5.04. The standard InChI is InChI=1S/C20H23N9O/c1-5-8-13(6-2)29-17(26-28-10-7-9-14(28)19(29)30)12(3)27(4)18-15-16(23-11-22-15)24-20(21)25-18/h6-12H,2,5H2,1,3-4H3,(H3,21,22,23,24,25). The number of imidazole rings is 1. The van der Waals surface area contributed by atoms with Gasteiger partial charge in [-0.3, -0.25) is 9.36 Å². The fraction of sp³-hybridized carbons (Fsp3) is 0.250. The smallest absolute Gasteiger partial charge is 0.282 e. The molecule has 4 aromatic heterocycles. The van der Waals surface area contributed by atoms with E-state index in [1.54, 1.807) is 39.8 Å². The average Bonchev–Trinajstić information content (AvgIpc) is 3.40. The molecule has 0 saturated carbocycles. The molecular formula is C20H23N9O. The number of aromatic nitrogens is 7. The highest BCUT2D eigenvalue weighted by Gasteiger charge is 2.25. The maximum absolute atomic E-state index is 13.3. The molecule has 0 spiro atoms. The fourth-order valence-electron chi connectivity index (χ4n) is 3.44. The monoisotopic (exact) mass is 405 g/mol. The van der Waals surface area contributed by atoms with Gasteiger partial charge in [0.15, 0.2) is 17.3 Å². The van der Waals surface area contributed by atoms with Crippen molar-refractivity contribution in [1.82, 2.24) is 34.1 Å².